The summed E-state index contributed by atoms with van der Waals surface area (Å²) in [4.78, 5) is 21.1. The Morgan fingerprint density at radius 1 is 1.14 bits per heavy atom. The highest BCUT2D eigenvalue weighted by Gasteiger charge is 2.41. The lowest BCUT2D eigenvalue weighted by Crippen LogP contribution is -2.24. The Morgan fingerprint density at radius 2 is 1.86 bits per heavy atom. The van der Waals surface area contributed by atoms with Crippen LogP contribution in [0.3, 0.4) is 0 Å². The Kier molecular flexibility index (Phi) is 2.03. The van der Waals surface area contributed by atoms with E-state index in [-0.39, 0.29) is 11.7 Å². The summed E-state index contributed by atoms with van der Waals surface area (Å²) in [6.45, 7) is 1.93. The number of rotatable bonds is 2. The minimum atomic E-state index is -0.800. The van der Waals surface area contributed by atoms with Gasteiger partial charge in [0.25, 0.3) is 0 Å². The van der Waals surface area contributed by atoms with Crippen molar-refractivity contribution in [2.24, 2.45) is 0 Å². The minimum absolute atomic E-state index is 0.0701. The van der Waals surface area contributed by atoms with Crippen LogP contribution in [0.15, 0.2) is 11.7 Å². The molecule has 2 aliphatic heterocycles. The van der Waals surface area contributed by atoms with Crippen LogP contribution in [0.25, 0.3) is 0 Å². The first-order valence-corrected chi connectivity index (χ1v) is 4.23. The molecule has 0 aromatic rings. The zero-order valence-electron chi connectivity index (χ0n) is 7.44. The van der Waals surface area contributed by atoms with Crippen molar-refractivity contribution in [3.05, 3.63) is 11.7 Å². The molecule has 0 saturated carbocycles. The fourth-order valence-corrected chi connectivity index (χ4v) is 1.23. The standard InChI is InChI=1S/C8H8O6/c1-2-3-4-5(12-7(9)11-4)6-13-8(10)14-6/h4H,2-3H2,1H3. The van der Waals surface area contributed by atoms with Crippen LogP contribution >= 0.6 is 0 Å². The first-order valence-electron chi connectivity index (χ1n) is 4.23. The van der Waals surface area contributed by atoms with Crippen molar-refractivity contribution >= 4 is 12.3 Å². The van der Waals surface area contributed by atoms with Gasteiger partial charge >= 0.3 is 18.3 Å². The van der Waals surface area contributed by atoms with Crippen molar-refractivity contribution in [3.8, 4) is 0 Å². The molecule has 0 radical (unpaired) electrons. The van der Waals surface area contributed by atoms with Gasteiger partial charge < -0.3 is 18.9 Å². The molecule has 0 bridgehead atoms. The van der Waals surface area contributed by atoms with Gasteiger partial charge in [-0.2, -0.15) is 0 Å². The maximum atomic E-state index is 10.8. The van der Waals surface area contributed by atoms with Gasteiger partial charge in [0.2, 0.25) is 5.76 Å². The Bertz CT molecular complexity index is 308. The Hall–Kier alpha value is -1.72. The monoisotopic (exact) mass is 200 g/mol. The second kappa shape index (κ2) is 3.21. The molecular formula is C8H8O6. The molecule has 1 atom stereocenters. The normalized spacial score (nSPS) is 24.8. The van der Waals surface area contributed by atoms with Gasteiger partial charge in [-0.1, -0.05) is 13.3 Å². The quantitative estimate of drug-likeness (QED) is 0.631. The molecule has 0 spiro atoms. The van der Waals surface area contributed by atoms with Crippen LogP contribution in [0, 0.1) is 0 Å². The molecule has 0 amide bonds. The summed E-state index contributed by atoms with van der Waals surface area (Å²) < 4.78 is 18.5. The van der Waals surface area contributed by atoms with Crippen molar-refractivity contribution in [3.63, 3.8) is 0 Å². The van der Waals surface area contributed by atoms with Gasteiger partial charge in [0, 0.05) is 0 Å². The van der Waals surface area contributed by atoms with E-state index in [0.29, 0.717) is 6.42 Å². The molecular weight excluding hydrogens is 192 g/mol. The summed E-state index contributed by atoms with van der Waals surface area (Å²) in [5.41, 5.74) is 0. The summed E-state index contributed by atoms with van der Waals surface area (Å²) in [5.74, 6) is 0.0794. The van der Waals surface area contributed by atoms with E-state index in [1.54, 1.807) is 0 Å². The minimum Gasteiger partial charge on any atom is -0.422 e. The van der Waals surface area contributed by atoms with E-state index in [9.17, 15) is 9.59 Å². The van der Waals surface area contributed by atoms with Gasteiger partial charge in [0.1, 0.15) is 0 Å². The van der Waals surface area contributed by atoms with Crippen LogP contribution in [-0.4, -0.2) is 18.4 Å². The predicted molar refractivity (Wildman–Crippen MR) is 40.9 cm³/mol. The lowest BCUT2D eigenvalue weighted by Gasteiger charge is -2.17. The number of carbonyl (C=O) groups excluding carboxylic acids is 2. The molecule has 6 heteroatoms. The first kappa shape index (κ1) is 8.86. The molecule has 2 heterocycles. The highest BCUT2D eigenvalue weighted by Crippen LogP contribution is 2.30. The van der Waals surface area contributed by atoms with Crippen molar-refractivity contribution < 1.29 is 28.5 Å². The number of ether oxygens (including phenoxy) is 4. The summed E-state index contributed by atoms with van der Waals surface area (Å²) in [6, 6.07) is 0. The topological polar surface area (TPSA) is 71.1 Å². The maximum Gasteiger partial charge on any atom is 0.524 e. The third-order valence-corrected chi connectivity index (χ3v) is 1.83. The van der Waals surface area contributed by atoms with Crippen LogP contribution in [-0.2, 0) is 18.9 Å². The summed E-state index contributed by atoms with van der Waals surface area (Å²) in [6.07, 6.45) is -0.684. The van der Waals surface area contributed by atoms with E-state index < -0.39 is 18.4 Å². The van der Waals surface area contributed by atoms with Gasteiger partial charge in [-0.25, -0.2) is 9.59 Å². The number of cyclic esters (lactones) is 4. The smallest absolute Gasteiger partial charge is 0.422 e. The Morgan fingerprint density at radius 3 is 2.43 bits per heavy atom. The van der Waals surface area contributed by atoms with E-state index in [2.05, 4.69) is 9.47 Å². The van der Waals surface area contributed by atoms with Gasteiger partial charge in [-0.05, 0) is 6.42 Å². The zero-order valence-corrected chi connectivity index (χ0v) is 7.44. The third-order valence-electron chi connectivity index (χ3n) is 1.83. The van der Waals surface area contributed by atoms with Crippen molar-refractivity contribution in [1.82, 2.24) is 0 Å². The summed E-state index contributed by atoms with van der Waals surface area (Å²) in [7, 11) is 0. The average Bonchev–Trinajstić information content (AvgIpc) is 2.42. The lowest BCUT2D eigenvalue weighted by molar-refractivity contribution is -0.0374. The molecule has 2 rings (SSSR count). The fraction of sp³-hybridized carbons (Fsp3) is 0.500. The molecule has 2 fully saturated rings. The zero-order chi connectivity index (χ0) is 10.1. The lowest BCUT2D eigenvalue weighted by atomic mass is 10.2. The number of hydrogen-bond donors (Lipinski definition) is 0. The van der Waals surface area contributed by atoms with Crippen LogP contribution < -0.4 is 0 Å². The molecule has 76 valence electrons. The van der Waals surface area contributed by atoms with E-state index >= 15 is 0 Å². The fourth-order valence-electron chi connectivity index (χ4n) is 1.23. The van der Waals surface area contributed by atoms with E-state index in [0.717, 1.165) is 6.42 Å². The SMILES string of the molecule is CCCC1OC(=O)OC1=C1OC(=O)O1. The van der Waals surface area contributed by atoms with Gasteiger partial charge in [-0.3, -0.25) is 0 Å². The van der Waals surface area contributed by atoms with Crippen LogP contribution in [0.1, 0.15) is 19.8 Å². The van der Waals surface area contributed by atoms with Crippen LogP contribution in [0.4, 0.5) is 9.59 Å². The average molecular weight is 200 g/mol. The molecule has 1 unspecified atom stereocenters. The van der Waals surface area contributed by atoms with Crippen molar-refractivity contribution in [2.75, 3.05) is 0 Å². The third kappa shape index (κ3) is 1.39. The summed E-state index contributed by atoms with van der Waals surface area (Å²) >= 11 is 0. The van der Waals surface area contributed by atoms with Crippen LogP contribution in [0.2, 0.25) is 0 Å². The molecule has 14 heavy (non-hydrogen) atoms. The molecule has 2 aliphatic rings. The van der Waals surface area contributed by atoms with Crippen LogP contribution in [0.5, 0.6) is 0 Å². The molecule has 0 aromatic heterocycles. The highest BCUT2D eigenvalue weighted by molar-refractivity contribution is 5.70. The predicted octanol–water partition coefficient (Wildman–Crippen LogP) is 1.66. The molecule has 2 saturated heterocycles. The van der Waals surface area contributed by atoms with E-state index in [1.165, 1.54) is 0 Å². The van der Waals surface area contributed by atoms with Gasteiger partial charge in [0.05, 0.1) is 0 Å². The van der Waals surface area contributed by atoms with Crippen molar-refractivity contribution in [2.45, 2.75) is 25.9 Å². The van der Waals surface area contributed by atoms with Gasteiger partial charge in [-0.15, -0.1) is 0 Å². The van der Waals surface area contributed by atoms with E-state index in [4.69, 9.17) is 9.47 Å². The molecule has 0 aromatic carbocycles. The maximum absolute atomic E-state index is 10.8. The Balaban J connectivity index is 2.13. The molecule has 6 nitrogen and oxygen atoms in total. The number of carbonyl (C=O) groups is 2. The Labute approximate surface area is 79.4 Å². The summed E-state index contributed by atoms with van der Waals surface area (Å²) in [5, 5.41) is 0. The second-order valence-corrected chi connectivity index (χ2v) is 2.85. The van der Waals surface area contributed by atoms with Crippen molar-refractivity contribution in [1.29, 1.82) is 0 Å². The van der Waals surface area contributed by atoms with Gasteiger partial charge in [0.15, 0.2) is 6.10 Å². The highest BCUT2D eigenvalue weighted by atomic mass is 16.9. The molecule has 0 N–H and O–H groups in total. The largest absolute Gasteiger partial charge is 0.524 e. The van der Waals surface area contributed by atoms with E-state index in [1.807, 2.05) is 6.92 Å². The first-order chi connectivity index (χ1) is 6.70. The second-order valence-electron chi connectivity index (χ2n) is 2.85. The molecule has 0 aliphatic carbocycles. The number of hydrogen-bond acceptors (Lipinski definition) is 6.